The predicted molar refractivity (Wildman–Crippen MR) is 120 cm³/mol. The Morgan fingerprint density at radius 2 is 1.36 bits per heavy atom. The van der Waals surface area contributed by atoms with Crippen LogP contribution in [-0.4, -0.2) is 67.2 Å². The Labute approximate surface area is 191 Å². The summed E-state index contributed by atoms with van der Waals surface area (Å²) < 4.78 is 31.6. The van der Waals surface area contributed by atoms with E-state index in [1.807, 2.05) is 0 Å². The van der Waals surface area contributed by atoms with Crippen LogP contribution in [0.5, 0.6) is 34.5 Å². The van der Waals surface area contributed by atoms with Gasteiger partial charge in [0, 0.05) is 11.1 Å². The summed E-state index contributed by atoms with van der Waals surface area (Å²) in [6.07, 6.45) is 1.39. The molecule has 0 fully saturated rings. The van der Waals surface area contributed by atoms with Crippen molar-refractivity contribution in [2.45, 2.75) is 0 Å². The summed E-state index contributed by atoms with van der Waals surface area (Å²) in [5.74, 6) is 1.24. The standard InChI is InChI=1S/C22H27N3O8/c1-28-15-8-7-13(19(31-4)21(15)33-6)11-24-25-18(26)12-23-22(27)14-9-16(29-2)20(32-5)17(10-14)30-3/h7-11H,12H2,1-6H3,(H,23,27)(H,25,26)/b24-11+. The van der Waals surface area contributed by atoms with E-state index in [0.717, 1.165) is 0 Å². The number of nitrogens with zero attached hydrogens (tertiary/aromatic N) is 1. The second-order valence-corrected chi connectivity index (χ2v) is 6.31. The van der Waals surface area contributed by atoms with Crippen molar-refractivity contribution in [3.63, 3.8) is 0 Å². The van der Waals surface area contributed by atoms with Crippen LogP contribution in [-0.2, 0) is 4.79 Å². The van der Waals surface area contributed by atoms with Crippen molar-refractivity contribution in [2.24, 2.45) is 5.10 Å². The van der Waals surface area contributed by atoms with Crippen molar-refractivity contribution in [3.05, 3.63) is 35.4 Å². The van der Waals surface area contributed by atoms with E-state index >= 15 is 0 Å². The highest BCUT2D eigenvalue weighted by molar-refractivity contribution is 5.97. The van der Waals surface area contributed by atoms with Gasteiger partial charge < -0.3 is 33.7 Å². The minimum absolute atomic E-state index is 0.232. The first-order valence-electron chi connectivity index (χ1n) is 9.63. The molecule has 2 aromatic rings. The highest BCUT2D eigenvalue weighted by Gasteiger charge is 2.18. The summed E-state index contributed by atoms with van der Waals surface area (Å²) in [4.78, 5) is 24.6. The summed E-state index contributed by atoms with van der Waals surface area (Å²) in [6.45, 7) is -0.310. The number of methoxy groups -OCH3 is 6. The van der Waals surface area contributed by atoms with Gasteiger partial charge in [-0.1, -0.05) is 0 Å². The molecule has 0 unspecified atom stereocenters. The lowest BCUT2D eigenvalue weighted by Crippen LogP contribution is -2.35. The Hall–Kier alpha value is -4.15. The quantitative estimate of drug-likeness (QED) is 0.382. The van der Waals surface area contributed by atoms with Gasteiger partial charge in [0.15, 0.2) is 23.0 Å². The lowest BCUT2D eigenvalue weighted by molar-refractivity contribution is -0.120. The van der Waals surface area contributed by atoms with Gasteiger partial charge in [-0.05, 0) is 24.3 Å². The number of carbonyl (C=O) groups is 2. The summed E-state index contributed by atoms with van der Waals surface area (Å²) in [5, 5.41) is 6.41. The van der Waals surface area contributed by atoms with Gasteiger partial charge in [-0.15, -0.1) is 0 Å². The second kappa shape index (κ2) is 12.0. The molecule has 0 spiro atoms. The predicted octanol–water partition coefficient (Wildman–Crippen LogP) is 1.62. The van der Waals surface area contributed by atoms with Gasteiger partial charge in [-0.25, -0.2) is 5.43 Å². The van der Waals surface area contributed by atoms with Crippen LogP contribution in [0.4, 0.5) is 0 Å². The molecule has 11 nitrogen and oxygen atoms in total. The van der Waals surface area contributed by atoms with Crippen LogP contribution < -0.4 is 39.2 Å². The molecule has 0 saturated heterocycles. The molecule has 2 amide bonds. The molecule has 0 aliphatic heterocycles. The summed E-state index contributed by atoms with van der Waals surface area (Å²) in [7, 11) is 8.82. The number of hydrogen-bond acceptors (Lipinski definition) is 9. The zero-order valence-corrected chi connectivity index (χ0v) is 19.3. The Morgan fingerprint density at radius 1 is 0.788 bits per heavy atom. The van der Waals surface area contributed by atoms with Gasteiger partial charge in [-0.3, -0.25) is 9.59 Å². The highest BCUT2D eigenvalue weighted by atomic mass is 16.5. The van der Waals surface area contributed by atoms with Crippen LogP contribution in [0.25, 0.3) is 0 Å². The van der Waals surface area contributed by atoms with E-state index in [1.165, 1.54) is 61.0 Å². The number of hydrogen-bond donors (Lipinski definition) is 2. The molecule has 178 valence electrons. The molecule has 11 heteroatoms. The summed E-state index contributed by atoms with van der Waals surface area (Å²) in [5.41, 5.74) is 3.12. The minimum Gasteiger partial charge on any atom is -0.493 e. The fraction of sp³-hybridized carbons (Fsp3) is 0.318. The monoisotopic (exact) mass is 461 g/mol. The first-order valence-corrected chi connectivity index (χ1v) is 9.63. The van der Waals surface area contributed by atoms with Gasteiger partial charge in [0.25, 0.3) is 11.8 Å². The molecule has 2 N–H and O–H groups in total. The van der Waals surface area contributed by atoms with Crippen LogP contribution in [0.3, 0.4) is 0 Å². The molecule has 0 bridgehead atoms. The van der Waals surface area contributed by atoms with E-state index < -0.39 is 11.8 Å². The molecule has 0 aromatic heterocycles. The van der Waals surface area contributed by atoms with Gasteiger partial charge in [-0.2, -0.15) is 5.10 Å². The number of rotatable bonds is 11. The number of benzene rings is 2. The van der Waals surface area contributed by atoms with E-state index in [2.05, 4.69) is 15.8 Å². The molecule has 33 heavy (non-hydrogen) atoms. The number of carbonyl (C=O) groups excluding carboxylic acids is 2. The molecule has 0 atom stereocenters. The summed E-state index contributed by atoms with van der Waals surface area (Å²) >= 11 is 0. The third-order valence-corrected chi connectivity index (χ3v) is 4.46. The minimum atomic E-state index is -0.536. The van der Waals surface area contributed by atoms with Crippen molar-refractivity contribution < 1.29 is 38.0 Å². The first kappa shape index (κ1) is 25.1. The molecule has 0 aliphatic rings. The number of nitrogens with one attached hydrogen (secondary N) is 2. The van der Waals surface area contributed by atoms with E-state index in [0.29, 0.717) is 40.1 Å². The maximum atomic E-state index is 12.5. The Kier molecular flexibility index (Phi) is 9.16. The number of hydrazone groups is 1. The third kappa shape index (κ3) is 5.97. The molecule has 0 saturated carbocycles. The van der Waals surface area contributed by atoms with E-state index in [9.17, 15) is 9.59 Å². The molecular formula is C22H27N3O8. The smallest absolute Gasteiger partial charge is 0.259 e. The van der Waals surface area contributed by atoms with Gasteiger partial charge in [0.1, 0.15) is 0 Å². The fourth-order valence-corrected chi connectivity index (χ4v) is 2.91. The van der Waals surface area contributed by atoms with E-state index in [1.54, 1.807) is 12.1 Å². The van der Waals surface area contributed by atoms with Gasteiger partial charge in [0.05, 0.1) is 55.4 Å². The van der Waals surface area contributed by atoms with Crippen LogP contribution >= 0.6 is 0 Å². The number of amides is 2. The average molecular weight is 461 g/mol. The molecule has 2 rings (SSSR count). The van der Waals surface area contributed by atoms with Crippen molar-refractivity contribution in [2.75, 3.05) is 49.2 Å². The molecule has 2 aromatic carbocycles. The third-order valence-electron chi connectivity index (χ3n) is 4.46. The van der Waals surface area contributed by atoms with Crippen molar-refractivity contribution in [3.8, 4) is 34.5 Å². The van der Waals surface area contributed by atoms with Crippen LogP contribution in [0, 0.1) is 0 Å². The maximum absolute atomic E-state index is 12.5. The van der Waals surface area contributed by atoms with Crippen LogP contribution in [0.2, 0.25) is 0 Å². The van der Waals surface area contributed by atoms with Crippen molar-refractivity contribution in [1.82, 2.24) is 10.7 Å². The lowest BCUT2D eigenvalue weighted by atomic mass is 10.1. The van der Waals surface area contributed by atoms with E-state index in [4.69, 9.17) is 28.4 Å². The number of ether oxygens (including phenoxy) is 6. The van der Waals surface area contributed by atoms with Gasteiger partial charge in [0.2, 0.25) is 11.5 Å². The molecule has 0 aliphatic carbocycles. The second-order valence-electron chi connectivity index (χ2n) is 6.31. The SMILES string of the molecule is COc1cc(C(=O)NCC(=O)N/N=C/c2ccc(OC)c(OC)c2OC)cc(OC)c1OC. The van der Waals surface area contributed by atoms with Crippen LogP contribution in [0.1, 0.15) is 15.9 Å². The zero-order chi connectivity index (χ0) is 24.4. The largest absolute Gasteiger partial charge is 0.493 e. The first-order chi connectivity index (χ1) is 15.9. The van der Waals surface area contributed by atoms with Gasteiger partial charge >= 0.3 is 0 Å². The maximum Gasteiger partial charge on any atom is 0.259 e. The normalized spacial score (nSPS) is 10.4. The Morgan fingerprint density at radius 3 is 1.88 bits per heavy atom. The average Bonchev–Trinajstić information content (AvgIpc) is 2.85. The van der Waals surface area contributed by atoms with Crippen LogP contribution in [0.15, 0.2) is 29.4 Å². The highest BCUT2D eigenvalue weighted by Crippen LogP contribution is 2.39. The summed E-state index contributed by atoms with van der Waals surface area (Å²) in [6, 6.07) is 6.34. The van der Waals surface area contributed by atoms with Crippen molar-refractivity contribution in [1.29, 1.82) is 0 Å². The molecule has 0 radical (unpaired) electrons. The fourth-order valence-electron chi connectivity index (χ4n) is 2.91. The molecular weight excluding hydrogens is 434 g/mol. The van der Waals surface area contributed by atoms with Crippen molar-refractivity contribution >= 4 is 18.0 Å². The zero-order valence-electron chi connectivity index (χ0n) is 19.3. The topological polar surface area (TPSA) is 126 Å². The molecule has 0 heterocycles. The lowest BCUT2D eigenvalue weighted by Gasteiger charge is -2.14. The Bertz CT molecular complexity index is 998. The van der Waals surface area contributed by atoms with E-state index in [-0.39, 0.29) is 12.1 Å². The Balaban J connectivity index is 2.03.